The molecule has 0 saturated heterocycles. The molecule has 0 unspecified atom stereocenters. The summed E-state index contributed by atoms with van der Waals surface area (Å²) in [4.78, 5) is 30.2. The van der Waals surface area contributed by atoms with E-state index in [1.807, 2.05) is 54.6 Å². The van der Waals surface area contributed by atoms with Crippen LogP contribution in [0.3, 0.4) is 0 Å². The number of hydrogen-bond donors (Lipinski definition) is 1. The van der Waals surface area contributed by atoms with Gasteiger partial charge < -0.3 is 15.0 Å². The molecule has 0 radical (unpaired) electrons. The van der Waals surface area contributed by atoms with Gasteiger partial charge in [-0.2, -0.15) is 0 Å². The standard InChI is InChI=1S/C36H38BrN3O5S/c1-45-32-22-20-31(21-23-32)40(46(43,44)33-14-6-3-7-15-33)26-35(41)39(25-28-16-18-29(37)19-17-28)34(24-27-10-4-2-5-11-27)36(42)38-30-12-8-9-13-30/h2-7,10-11,14-23,30,34H,8-9,12-13,24-26H2,1H3,(H,38,42)/t34-/m0/s1. The number of methoxy groups -OCH3 is 1. The van der Waals surface area contributed by atoms with Crippen LogP contribution in [0.4, 0.5) is 5.69 Å². The van der Waals surface area contributed by atoms with Crippen LogP contribution >= 0.6 is 15.9 Å². The van der Waals surface area contributed by atoms with Gasteiger partial charge in [-0.3, -0.25) is 13.9 Å². The third-order valence-electron chi connectivity index (χ3n) is 8.21. The van der Waals surface area contributed by atoms with Gasteiger partial charge in [-0.05, 0) is 72.5 Å². The summed E-state index contributed by atoms with van der Waals surface area (Å²) in [6.45, 7) is -0.397. The van der Waals surface area contributed by atoms with E-state index in [4.69, 9.17) is 4.74 Å². The smallest absolute Gasteiger partial charge is 0.264 e. The Bertz CT molecular complexity index is 1700. The monoisotopic (exact) mass is 703 g/mol. The molecule has 8 nitrogen and oxygen atoms in total. The molecule has 1 fully saturated rings. The Morgan fingerprint density at radius 2 is 1.46 bits per heavy atom. The summed E-state index contributed by atoms with van der Waals surface area (Å²) < 4.78 is 35.5. The number of amides is 2. The van der Waals surface area contributed by atoms with E-state index in [0.717, 1.165) is 45.6 Å². The van der Waals surface area contributed by atoms with Crippen LogP contribution in [0, 0.1) is 0 Å². The molecule has 0 heterocycles. The van der Waals surface area contributed by atoms with Gasteiger partial charge in [-0.1, -0.05) is 89.4 Å². The minimum absolute atomic E-state index is 0.0460. The highest BCUT2D eigenvalue weighted by atomic mass is 79.9. The maximum Gasteiger partial charge on any atom is 0.264 e. The second kappa shape index (κ2) is 15.4. The van der Waals surface area contributed by atoms with Crippen LogP contribution in [0.15, 0.2) is 119 Å². The lowest BCUT2D eigenvalue weighted by molar-refractivity contribution is -0.140. The molecule has 0 spiro atoms. The van der Waals surface area contributed by atoms with Crippen molar-refractivity contribution in [2.75, 3.05) is 18.0 Å². The minimum Gasteiger partial charge on any atom is -0.497 e. The second-order valence-electron chi connectivity index (χ2n) is 11.4. The maximum atomic E-state index is 14.6. The fraction of sp³-hybridized carbons (Fsp3) is 0.278. The van der Waals surface area contributed by atoms with Crippen molar-refractivity contribution >= 4 is 43.5 Å². The van der Waals surface area contributed by atoms with Gasteiger partial charge in [-0.25, -0.2) is 8.42 Å². The first-order valence-electron chi connectivity index (χ1n) is 15.3. The zero-order chi connectivity index (χ0) is 32.5. The molecule has 5 rings (SSSR count). The van der Waals surface area contributed by atoms with Crippen molar-refractivity contribution in [1.29, 1.82) is 0 Å². The third kappa shape index (κ3) is 8.35. The Morgan fingerprint density at radius 3 is 2.07 bits per heavy atom. The van der Waals surface area contributed by atoms with E-state index in [-0.39, 0.29) is 29.8 Å². The summed E-state index contributed by atoms with van der Waals surface area (Å²) >= 11 is 3.47. The van der Waals surface area contributed by atoms with Gasteiger partial charge in [0.05, 0.1) is 17.7 Å². The quantitative estimate of drug-likeness (QED) is 0.175. The van der Waals surface area contributed by atoms with Gasteiger partial charge in [0.1, 0.15) is 18.3 Å². The van der Waals surface area contributed by atoms with E-state index in [0.29, 0.717) is 11.4 Å². The molecular formula is C36H38BrN3O5S. The predicted molar refractivity (Wildman–Crippen MR) is 183 cm³/mol. The number of carbonyl (C=O) groups is 2. The molecule has 0 bridgehead atoms. The fourth-order valence-electron chi connectivity index (χ4n) is 5.70. The molecule has 240 valence electrons. The van der Waals surface area contributed by atoms with Crippen LogP contribution in [0.1, 0.15) is 36.8 Å². The number of benzene rings is 4. The normalized spacial score (nSPS) is 14.0. The summed E-state index contributed by atoms with van der Waals surface area (Å²) in [6, 6.07) is 30.8. The van der Waals surface area contributed by atoms with Crippen molar-refractivity contribution < 1.29 is 22.7 Å². The molecule has 1 atom stereocenters. The first-order valence-corrected chi connectivity index (χ1v) is 17.6. The Balaban J connectivity index is 1.55. The van der Waals surface area contributed by atoms with Gasteiger partial charge in [0.25, 0.3) is 10.0 Å². The van der Waals surface area contributed by atoms with E-state index < -0.39 is 28.5 Å². The predicted octanol–water partition coefficient (Wildman–Crippen LogP) is 6.35. The molecule has 46 heavy (non-hydrogen) atoms. The molecule has 1 aliphatic carbocycles. The van der Waals surface area contributed by atoms with Crippen LogP contribution in [0.5, 0.6) is 5.75 Å². The van der Waals surface area contributed by atoms with Gasteiger partial charge >= 0.3 is 0 Å². The summed E-state index contributed by atoms with van der Waals surface area (Å²) in [5, 5.41) is 3.20. The average Bonchev–Trinajstić information content (AvgIpc) is 3.60. The van der Waals surface area contributed by atoms with Crippen LogP contribution < -0.4 is 14.4 Å². The molecule has 10 heteroatoms. The Labute approximate surface area is 279 Å². The molecule has 0 aromatic heterocycles. The molecule has 1 saturated carbocycles. The molecule has 4 aromatic carbocycles. The summed E-state index contributed by atoms with van der Waals surface area (Å²) in [5.41, 5.74) is 2.01. The van der Waals surface area contributed by atoms with Crippen LogP contribution in [-0.2, 0) is 32.6 Å². The molecule has 4 aromatic rings. The number of carbonyl (C=O) groups excluding carboxylic acids is 2. The van der Waals surface area contributed by atoms with Crippen molar-refractivity contribution in [3.05, 3.63) is 125 Å². The number of rotatable bonds is 13. The molecule has 2 amide bonds. The second-order valence-corrected chi connectivity index (χ2v) is 14.1. The van der Waals surface area contributed by atoms with E-state index in [9.17, 15) is 18.0 Å². The number of nitrogens with one attached hydrogen (secondary N) is 1. The number of nitrogens with zero attached hydrogens (tertiary/aromatic N) is 2. The van der Waals surface area contributed by atoms with Gasteiger partial charge in [0, 0.05) is 23.5 Å². The average molecular weight is 705 g/mol. The van der Waals surface area contributed by atoms with E-state index in [2.05, 4.69) is 21.2 Å². The lowest BCUT2D eigenvalue weighted by Gasteiger charge is -2.34. The molecule has 1 N–H and O–H groups in total. The Morgan fingerprint density at radius 1 is 0.848 bits per heavy atom. The zero-order valence-corrected chi connectivity index (χ0v) is 28.1. The summed E-state index contributed by atoms with van der Waals surface area (Å²) in [7, 11) is -2.64. The lowest BCUT2D eigenvalue weighted by Crippen LogP contribution is -2.54. The van der Waals surface area contributed by atoms with Crippen molar-refractivity contribution in [3.8, 4) is 5.75 Å². The van der Waals surface area contributed by atoms with Gasteiger partial charge in [-0.15, -0.1) is 0 Å². The van der Waals surface area contributed by atoms with Crippen LogP contribution in [-0.4, -0.2) is 50.9 Å². The van der Waals surface area contributed by atoms with Crippen molar-refractivity contribution in [3.63, 3.8) is 0 Å². The summed E-state index contributed by atoms with van der Waals surface area (Å²) in [5.74, 6) is -0.195. The van der Waals surface area contributed by atoms with E-state index in [1.54, 1.807) is 42.5 Å². The highest BCUT2D eigenvalue weighted by Crippen LogP contribution is 2.27. The first kappa shape index (κ1) is 33.2. The summed E-state index contributed by atoms with van der Waals surface area (Å²) in [6.07, 6.45) is 4.15. The number of sulfonamides is 1. The van der Waals surface area contributed by atoms with Gasteiger partial charge in [0.2, 0.25) is 11.8 Å². The van der Waals surface area contributed by atoms with Crippen LogP contribution in [0.2, 0.25) is 0 Å². The Kier molecular flexibility index (Phi) is 11.1. The SMILES string of the molecule is COc1ccc(N(CC(=O)N(Cc2ccc(Br)cc2)[C@@H](Cc2ccccc2)C(=O)NC2CCCC2)S(=O)(=O)c2ccccc2)cc1. The highest BCUT2D eigenvalue weighted by Gasteiger charge is 2.35. The largest absolute Gasteiger partial charge is 0.497 e. The van der Waals surface area contributed by atoms with E-state index >= 15 is 0 Å². The topological polar surface area (TPSA) is 96.0 Å². The van der Waals surface area contributed by atoms with Crippen molar-refractivity contribution in [2.24, 2.45) is 0 Å². The highest BCUT2D eigenvalue weighted by molar-refractivity contribution is 9.10. The Hall–Kier alpha value is -4.15. The zero-order valence-electron chi connectivity index (χ0n) is 25.7. The van der Waals surface area contributed by atoms with E-state index in [1.165, 1.54) is 24.1 Å². The molecule has 1 aliphatic rings. The van der Waals surface area contributed by atoms with Gasteiger partial charge in [0.15, 0.2) is 0 Å². The number of hydrogen-bond acceptors (Lipinski definition) is 5. The minimum atomic E-state index is -4.17. The number of ether oxygens (including phenoxy) is 1. The van der Waals surface area contributed by atoms with Crippen molar-refractivity contribution in [1.82, 2.24) is 10.2 Å². The lowest BCUT2D eigenvalue weighted by atomic mass is 10.0. The third-order valence-corrected chi connectivity index (χ3v) is 10.5. The van der Waals surface area contributed by atoms with Crippen LogP contribution in [0.25, 0.3) is 0 Å². The first-order chi connectivity index (χ1) is 22.2. The molecular weight excluding hydrogens is 666 g/mol. The number of halogens is 1. The van der Waals surface area contributed by atoms with Crippen molar-refractivity contribution in [2.45, 2.75) is 55.6 Å². The fourth-order valence-corrected chi connectivity index (χ4v) is 7.40. The number of anilines is 1. The maximum absolute atomic E-state index is 14.6. The molecule has 0 aliphatic heterocycles.